The highest BCUT2D eigenvalue weighted by Gasteiger charge is 2.70. The molecule has 3 aliphatic heterocycles. The molecule has 3 heterocycles. The van der Waals surface area contributed by atoms with Crippen LogP contribution in [-0.4, -0.2) is 80.8 Å². The molecule has 8 atom stereocenters. The van der Waals surface area contributed by atoms with Crippen molar-refractivity contribution in [3.05, 3.63) is 12.2 Å². The zero-order chi connectivity index (χ0) is 20.2. The van der Waals surface area contributed by atoms with Gasteiger partial charge in [0.2, 0.25) is 0 Å². The molecule has 8 unspecified atom stereocenters. The molecule has 0 spiro atoms. The minimum absolute atomic E-state index is 0.0773. The number of aliphatic hydroxyl groups excluding tert-OH is 4. The van der Waals surface area contributed by atoms with Crippen molar-refractivity contribution in [1.29, 1.82) is 0 Å². The molecule has 0 aromatic carbocycles. The van der Waals surface area contributed by atoms with Gasteiger partial charge < -0.3 is 34.6 Å². The summed E-state index contributed by atoms with van der Waals surface area (Å²) in [6, 6.07) is 0. The molecule has 0 radical (unpaired) electrons. The van der Waals surface area contributed by atoms with Crippen molar-refractivity contribution in [2.24, 2.45) is 5.41 Å². The first-order chi connectivity index (χ1) is 12.5. The number of carbonyl (C=O) groups is 1. The Kier molecular flexibility index (Phi) is 5.31. The largest absolute Gasteiger partial charge is 0.394 e. The molecule has 3 rings (SSSR count). The third-order valence-electron chi connectivity index (χ3n) is 6.28. The number of hydrogen-bond donors (Lipinski definition) is 4. The SMILES string of the molecule is CC(=O)C=CC12OC(CC1(C)C)CC2(C)OC1OC(CO)C(O)C(O)C1O. The van der Waals surface area contributed by atoms with Gasteiger partial charge in [-0.05, 0) is 32.4 Å². The molecule has 0 amide bonds. The van der Waals surface area contributed by atoms with Crippen LogP contribution in [-0.2, 0) is 19.0 Å². The molecular formula is C19H30O8. The fourth-order valence-corrected chi connectivity index (χ4v) is 4.96. The lowest BCUT2D eigenvalue weighted by atomic mass is 9.60. The second-order valence-corrected chi connectivity index (χ2v) is 8.76. The van der Waals surface area contributed by atoms with Crippen molar-refractivity contribution >= 4 is 5.78 Å². The van der Waals surface area contributed by atoms with E-state index in [1.165, 1.54) is 13.0 Å². The Morgan fingerprint density at radius 1 is 1.15 bits per heavy atom. The Bertz CT molecular complexity index is 617. The molecule has 3 saturated heterocycles. The lowest BCUT2D eigenvalue weighted by Gasteiger charge is -2.51. The summed E-state index contributed by atoms with van der Waals surface area (Å²) >= 11 is 0. The number of aliphatic hydroxyl groups is 4. The summed E-state index contributed by atoms with van der Waals surface area (Å²) in [6.45, 7) is 6.83. The molecule has 0 aliphatic carbocycles. The van der Waals surface area contributed by atoms with Gasteiger partial charge in [-0.25, -0.2) is 0 Å². The molecule has 0 saturated carbocycles. The Morgan fingerprint density at radius 3 is 2.37 bits per heavy atom. The maximum absolute atomic E-state index is 11.6. The van der Waals surface area contributed by atoms with Crippen molar-refractivity contribution in [1.82, 2.24) is 0 Å². The Labute approximate surface area is 158 Å². The van der Waals surface area contributed by atoms with Crippen molar-refractivity contribution < 1.29 is 39.4 Å². The Balaban J connectivity index is 1.91. The third kappa shape index (κ3) is 3.17. The zero-order valence-electron chi connectivity index (χ0n) is 16.2. The highest BCUT2D eigenvalue weighted by atomic mass is 16.7. The van der Waals surface area contributed by atoms with E-state index < -0.39 is 48.5 Å². The molecule has 3 aliphatic rings. The van der Waals surface area contributed by atoms with Crippen LogP contribution in [0, 0.1) is 5.41 Å². The van der Waals surface area contributed by atoms with Gasteiger partial charge in [0.05, 0.1) is 12.7 Å². The van der Waals surface area contributed by atoms with Crippen LogP contribution >= 0.6 is 0 Å². The summed E-state index contributed by atoms with van der Waals surface area (Å²) in [4.78, 5) is 11.6. The average Bonchev–Trinajstić information content (AvgIpc) is 2.99. The normalized spacial score (nSPS) is 49.0. The van der Waals surface area contributed by atoms with Gasteiger partial charge in [-0.3, -0.25) is 4.79 Å². The highest BCUT2D eigenvalue weighted by molar-refractivity contribution is 5.87. The van der Waals surface area contributed by atoms with E-state index in [0.717, 1.165) is 6.42 Å². The van der Waals surface area contributed by atoms with E-state index in [1.54, 1.807) is 6.08 Å². The lowest BCUT2D eigenvalue weighted by molar-refractivity contribution is -0.338. The lowest BCUT2D eigenvalue weighted by Crippen LogP contribution is -2.65. The number of allylic oxidation sites excluding steroid dienone is 1. The molecule has 8 heteroatoms. The molecule has 4 N–H and O–H groups in total. The maximum Gasteiger partial charge on any atom is 0.187 e. The van der Waals surface area contributed by atoms with E-state index in [1.807, 2.05) is 20.8 Å². The first-order valence-corrected chi connectivity index (χ1v) is 9.32. The molecular weight excluding hydrogens is 356 g/mol. The van der Waals surface area contributed by atoms with Crippen molar-refractivity contribution in [3.63, 3.8) is 0 Å². The fourth-order valence-electron chi connectivity index (χ4n) is 4.96. The Morgan fingerprint density at radius 2 is 1.81 bits per heavy atom. The van der Waals surface area contributed by atoms with Crippen molar-refractivity contribution in [2.45, 2.75) is 88.5 Å². The van der Waals surface area contributed by atoms with Crippen LogP contribution in [0.15, 0.2) is 12.2 Å². The van der Waals surface area contributed by atoms with Gasteiger partial charge >= 0.3 is 0 Å². The molecule has 0 aromatic rings. The number of ether oxygens (including phenoxy) is 3. The minimum Gasteiger partial charge on any atom is -0.394 e. The first kappa shape index (κ1) is 20.9. The van der Waals surface area contributed by atoms with E-state index in [4.69, 9.17) is 14.2 Å². The topological polar surface area (TPSA) is 126 Å². The van der Waals surface area contributed by atoms with Crippen LogP contribution in [0.25, 0.3) is 0 Å². The van der Waals surface area contributed by atoms with E-state index in [0.29, 0.717) is 6.42 Å². The van der Waals surface area contributed by atoms with Gasteiger partial charge in [-0.15, -0.1) is 0 Å². The molecule has 3 fully saturated rings. The van der Waals surface area contributed by atoms with Gasteiger partial charge in [0, 0.05) is 11.8 Å². The average molecular weight is 386 g/mol. The van der Waals surface area contributed by atoms with Gasteiger partial charge in [0.25, 0.3) is 0 Å². The number of carbonyl (C=O) groups excluding carboxylic acids is 1. The van der Waals surface area contributed by atoms with Crippen LogP contribution < -0.4 is 0 Å². The monoisotopic (exact) mass is 386 g/mol. The second-order valence-electron chi connectivity index (χ2n) is 8.76. The summed E-state index contributed by atoms with van der Waals surface area (Å²) in [5.41, 5.74) is -2.21. The van der Waals surface area contributed by atoms with Gasteiger partial charge in [-0.1, -0.05) is 13.8 Å². The number of rotatable bonds is 5. The van der Waals surface area contributed by atoms with Gasteiger partial charge in [0.1, 0.15) is 35.6 Å². The maximum atomic E-state index is 11.6. The van der Waals surface area contributed by atoms with Crippen LogP contribution in [0.2, 0.25) is 0 Å². The van der Waals surface area contributed by atoms with Crippen LogP contribution in [0.5, 0.6) is 0 Å². The standard InChI is InChI=1S/C19H30O8/c1-10(21)5-6-19-17(2,3)7-11(26-19)8-18(19,4)27-16-15(24)14(23)13(22)12(9-20)25-16/h5-6,11-16,20,22-24H,7-9H2,1-4H3. The number of hydrogen-bond acceptors (Lipinski definition) is 8. The summed E-state index contributed by atoms with van der Waals surface area (Å²) < 4.78 is 17.9. The first-order valence-electron chi connectivity index (χ1n) is 9.32. The van der Waals surface area contributed by atoms with Crippen LogP contribution in [0.4, 0.5) is 0 Å². The molecule has 8 nitrogen and oxygen atoms in total. The number of ketones is 1. The fraction of sp³-hybridized carbons (Fsp3) is 0.842. The van der Waals surface area contributed by atoms with Crippen LogP contribution in [0.1, 0.15) is 40.5 Å². The molecule has 2 bridgehead atoms. The predicted molar refractivity (Wildman–Crippen MR) is 93.7 cm³/mol. The summed E-state index contributed by atoms with van der Waals surface area (Å²) in [6.07, 6.45) is -2.33. The smallest absolute Gasteiger partial charge is 0.187 e. The van der Waals surface area contributed by atoms with Crippen LogP contribution in [0.3, 0.4) is 0 Å². The minimum atomic E-state index is -1.51. The van der Waals surface area contributed by atoms with Crippen molar-refractivity contribution in [2.75, 3.05) is 6.61 Å². The quantitative estimate of drug-likeness (QED) is 0.473. The predicted octanol–water partition coefficient (Wildman–Crippen LogP) is -0.336. The molecule has 0 aromatic heterocycles. The molecule has 154 valence electrons. The Hall–Kier alpha value is -0.870. The van der Waals surface area contributed by atoms with Crippen molar-refractivity contribution in [3.8, 4) is 0 Å². The van der Waals surface area contributed by atoms with E-state index in [-0.39, 0.29) is 17.3 Å². The van der Waals surface area contributed by atoms with Gasteiger partial charge in [-0.2, -0.15) is 0 Å². The highest BCUT2D eigenvalue weighted by Crippen LogP contribution is 2.62. The molecule has 27 heavy (non-hydrogen) atoms. The third-order valence-corrected chi connectivity index (χ3v) is 6.28. The summed E-state index contributed by atoms with van der Waals surface area (Å²) in [5.74, 6) is -0.116. The summed E-state index contributed by atoms with van der Waals surface area (Å²) in [7, 11) is 0. The van der Waals surface area contributed by atoms with E-state index in [9.17, 15) is 25.2 Å². The second kappa shape index (κ2) is 6.88. The van der Waals surface area contributed by atoms with E-state index in [2.05, 4.69) is 0 Å². The number of fused-ring (bicyclic) bond motifs is 2. The zero-order valence-corrected chi connectivity index (χ0v) is 16.2. The van der Waals surface area contributed by atoms with Gasteiger partial charge in [0.15, 0.2) is 12.1 Å². The summed E-state index contributed by atoms with van der Waals surface area (Å²) in [5, 5.41) is 39.7. The van der Waals surface area contributed by atoms with E-state index >= 15 is 0 Å².